The smallest absolute Gasteiger partial charge is 0.390 e. The van der Waals surface area contributed by atoms with Gasteiger partial charge in [0.15, 0.2) is 5.82 Å². The van der Waals surface area contributed by atoms with Crippen LogP contribution in [-0.4, -0.2) is 74.2 Å². The van der Waals surface area contributed by atoms with Crippen LogP contribution in [0.15, 0.2) is 48.5 Å². The van der Waals surface area contributed by atoms with Crippen molar-refractivity contribution in [3.8, 4) is 11.4 Å². The molecular weight excluding hydrogens is 494 g/mol. The second-order valence-electron chi connectivity index (χ2n) is 8.74. The maximum Gasteiger partial charge on any atom is 0.401 e. The van der Waals surface area contributed by atoms with Gasteiger partial charge in [-0.1, -0.05) is 24.3 Å². The van der Waals surface area contributed by atoms with Gasteiger partial charge in [-0.05, 0) is 66.6 Å². The van der Waals surface area contributed by atoms with Gasteiger partial charge in [0, 0.05) is 24.8 Å². The number of alkyl halides is 3. The largest absolute Gasteiger partial charge is 0.401 e. The average Bonchev–Trinajstić information content (AvgIpc) is 3.25. The van der Waals surface area contributed by atoms with Crippen LogP contribution < -0.4 is 10.6 Å². The minimum absolute atomic E-state index is 0.0660. The first-order valence-electron chi connectivity index (χ1n) is 11.6. The number of amides is 2. The Morgan fingerprint density at radius 1 is 1.19 bits per heavy atom. The SMILES string of the molecule is C[C@@H](NC(=O)Nc1cccc(-c2nnnn2C)c1)[C@H](O)CN(CCCc1ccc(F)cc1)CC(F)(F)F. The van der Waals surface area contributed by atoms with E-state index >= 15 is 0 Å². The van der Waals surface area contributed by atoms with Crippen molar-refractivity contribution in [1.29, 1.82) is 0 Å². The molecule has 0 spiro atoms. The molecule has 9 nitrogen and oxygen atoms in total. The molecule has 0 saturated heterocycles. The number of anilines is 1. The van der Waals surface area contributed by atoms with Gasteiger partial charge < -0.3 is 15.7 Å². The molecule has 37 heavy (non-hydrogen) atoms. The van der Waals surface area contributed by atoms with Gasteiger partial charge in [-0.3, -0.25) is 4.90 Å². The van der Waals surface area contributed by atoms with Crippen molar-refractivity contribution in [2.45, 2.75) is 38.1 Å². The summed E-state index contributed by atoms with van der Waals surface area (Å²) in [6.07, 6.45) is -4.86. The standard InChI is InChI=1S/C24H29F4N7O2/c1-16(29-23(37)30-20-7-3-6-18(13-20)22-31-32-33-34(22)2)21(36)14-35(15-24(26,27)28)12-4-5-17-8-10-19(25)11-9-17/h3,6-11,13,16,21,36H,4-5,12,14-15H2,1-2H3,(H2,29,30,37)/t16-,21-/m1/s1. The lowest BCUT2D eigenvalue weighted by molar-refractivity contribution is -0.149. The summed E-state index contributed by atoms with van der Waals surface area (Å²) in [5, 5.41) is 27.0. The van der Waals surface area contributed by atoms with Crippen molar-refractivity contribution >= 4 is 11.7 Å². The van der Waals surface area contributed by atoms with E-state index in [1.165, 1.54) is 23.7 Å². The third-order valence-electron chi connectivity index (χ3n) is 5.64. The molecule has 1 heterocycles. The number of carbonyl (C=O) groups excluding carboxylic acids is 1. The fourth-order valence-electron chi connectivity index (χ4n) is 3.75. The fraction of sp³-hybridized carbons (Fsp3) is 0.417. The highest BCUT2D eigenvalue weighted by Crippen LogP contribution is 2.20. The number of hydrogen-bond donors (Lipinski definition) is 3. The van der Waals surface area contributed by atoms with Crippen LogP contribution in [0, 0.1) is 5.82 Å². The number of nitrogens with one attached hydrogen (secondary N) is 2. The summed E-state index contributed by atoms with van der Waals surface area (Å²) in [7, 11) is 1.68. The maximum atomic E-state index is 13.1. The summed E-state index contributed by atoms with van der Waals surface area (Å²) in [4.78, 5) is 13.6. The van der Waals surface area contributed by atoms with Gasteiger partial charge in [0.05, 0.1) is 18.7 Å². The molecule has 0 fully saturated rings. The first kappa shape index (κ1) is 28.0. The van der Waals surface area contributed by atoms with Gasteiger partial charge in [0.2, 0.25) is 0 Å². The van der Waals surface area contributed by atoms with Gasteiger partial charge in [-0.15, -0.1) is 5.10 Å². The van der Waals surface area contributed by atoms with E-state index in [9.17, 15) is 27.5 Å². The van der Waals surface area contributed by atoms with Crippen LogP contribution >= 0.6 is 0 Å². The highest BCUT2D eigenvalue weighted by atomic mass is 19.4. The predicted molar refractivity (Wildman–Crippen MR) is 129 cm³/mol. The van der Waals surface area contributed by atoms with Gasteiger partial charge in [-0.25, -0.2) is 13.9 Å². The number of aryl methyl sites for hydroxylation is 2. The number of hydrogen-bond acceptors (Lipinski definition) is 6. The summed E-state index contributed by atoms with van der Waals surface area (Å²) >= 11 is 0. The molecule has 3 aromatic rings. The van der Waals surface area contributed by atoms with Crippen LogP contribution in [0.4, 0.5) is 28.0 Å². The Morgan fingerprint density at radius 3 is 2.57 bits per heavy atom. The van der Waals surface area contributed by atoms with Crippen LogP contribution in [0.3, 0.4) is 0 Å². The topological polar surface area (TPSA) is 108 Å². The van der Waals surface area contributed by atoms with E-state index in [2.05, 4.69) is 26.2 Å². The Morgan fingerprint density at radius 2 is 1.92 bits per heavy atom. The molecule has 2 aromatic carbocycles. The predicted octanol–water partition coefficient (Wildman–Crippen LogP) is 3.38. The van der Waals surface area contributed by atoms with Crippen molar-refractivity contribution < 1.29 is 27.5 Å². The molecule has 0 bridgehead atoms. The van der Waals surface area contributed by atoms with Crippen LogP contribution in [0.1, 0.15) is 18.9 Å². The Balaban J connectivity index is 1.53. The minimum Gasteiger partial charge on any atom is -0.390 e. The number of carbonyl (C=O) groups is 1. The molecule has 13 heteroatoms. The van der Waals surface area contributed by atoms with E-state index in [0.717, 1.165) is 10.5 Å². The Kier molecular flexibility index (Phi) is 9.53. The van der Waals surface area contributed by atoms with Crippen molar-refractivity contribution in [3.05, 3.63) is 59.9 Å². The molecule has 200 valence electrons. The lowest BCUT2D eigenvalue weighted by Crippen LogP contribution is -2.49. The fourth-order valence-corrected chi connectivity index (χ4v) is 3.75. The normalized spacial score (nSPS) is 13.4. The van der Waals surface area contributed by atoms with Crippen LogP contribution in [-0.2, 0) is 13.5 Å². The Bertz CT molecular complexity index is 1150. The van der Waals surface area contributed by atoms with Gasteiger partial charge >= 0.3 is 12.2 Å². The van der Waals surface area contributed by atoms with Crippen molar-refractivity contribution in [1.82, 2.24) is 30.4 Å². The first-order chi connectivity index (χ1) is 17.5. The third kappa shape index (κ3) is 9.10. The van der Waals surface area contributed by atoms with E-state index in [4.69, 9.17) is 0 Å². The van der Waals surface area contributed by atoms with E-state index < -0.39 is 30.9 Å². The van der Waals surface area contributed by atoms with Gasteiger partial charge in [-0.2, -0.15) is 13.2 Å². The number of aliphatic hydroxyl groups is 1. The van der Waals surface area contributed by atoms with Crippen molar-refractivity contribution in [2.24, 2.45) is 7.05 Å². The molecule has 0 aliphatic carbocycles. The quantitative estimate of drug-likeness (QED) is 0.333. The second kappa shape index (κ2) is 12.6. The second-order valence-corrected chi connectivity index (χ2v) is 8.74. The molecule has 0 aliphatic rings. The summed E-state index contributed by atoms with van der Waals surface area (Å²) in [5.41, 5.74) is 1.92. The summed E-state index contributed by atoms with van der Waals surface area (Å²) in [6.45, 7) is 0.0852. The van der Waals surface area contributed by atoms with Gasteiger partial charge in [0.1, 0.15) is 5.82 Å². The van der Waals surface area contributed by atoms with Gasteiger partial charge in [0.25, 0.3) is 0 Å². The molecule has 2 amide bonds. The van der Waals surface area contributed by atoms with E-state index in [0.29, 0.717) is 29.9 Å². The van der Waals surface area contributed by atoms with E-state index in [1.807, 2.05) is 0 Å². The zero-order valence-electron chi connectivity index (χ0n) is 20.4. The molecule has 0 saturated carbocycles. The molecule has 0 unspecified atom stereocenters. The van der Waals surface area contributed by atoms with Crippen LogP contribution in [0.5, 0.6) is 0 Å². The zero-order valence-corrected chi connectivity index (χ0v) is 20.4. The lowest BCUT2D eigenvalue weighted by atomic mass is 10.1. The highest BCUT2D eigenvalue weighted by Gasteiger charge is 2.32. The summed E-state index contributed by atoms with van der Waals surface area (Å²) < 4.78 is 53.8. The van der Waals surface area contributed by atoms with E-state index in [-0.39, 0.29) is 18.9 Å². The Labute approximate surface area is 211 Å². The number of benzene rings is 2. The molecule has 1 aromatic heterocycles. The number of urea groups is 1. The van der Waals surface area contributed by atoms with Crippen LogP contribution in [0.25, 0.3) is 11.4 Å². The monoisotopic (exact) mass is 523 g/mol. The minimum atomic E-state index is -4.45. The summed E-state index contributed by atoms with van der Waals surface area (Å²) in [5.74, 6) is 0.114. The molecule has 0 radical (unpaired) electrons. The molecule has 3 N–H and O–H groups in total. The number of tetrazole rings is 1. The summed E-state index contributed by atoms with van der Waals surface area (Å²) in [6, 6.07) is 11.1. The molecule has 2 atom stereocenters. The van der Waals surface area contributed by atoms with Crippen LogP contribution in [0.2, 0.25) is 0 Å². The molecule has 0 aliphatic heterocycles. The highest BCUT2D eigenvalue weighted by molar-refractivity contribution is 5.90. The molecular formula is C24H29F4N7O2. The number of nitrogens with zero attached hydrogens (tertiary/aromatic N) is 5. The lowest BCUT2D eigenvalue weighted by Gasteiger charge is -2.29. The zero-order chi connectivity index (χ0) is 27.0. The molecule has 3 rings (SSSR count). The third-order valence-corrected chi connectivity index (χ3v) is 5.64. The number of aliphatic hydroxyl groups excluding tert-OH is 1. The van der Waals surface area contributed by atoms with E-state index in [1.54, 1.807) is 43.4 Å². The van der Waals surface area contributed by atoms with Crippen molar-refractivity contribution in [2.75, 3.05) is 25.0 Å². The average molecular weight is 524 g/mol. The number of halogens is 4. The van der Waals surface area contributed by atoms with Crippen molar-refractivity contribution in [3.63, 3.8) is 0 Å². The maximum absolute atomic E-state index is 13.1. The number of aromatic nitrogens is 4. The first-order valence-corrected chi connectivity index (χ1v) is 11.6. The number of rotatable bonds is 11. The Hall–Kier alpha value is -3.58.